The number of fused-ring (bicyclic) bond motifs is 1. The van der Waals surface area contributed by atoms with Crippen LogP contribution in [0.4, 0.5) is 0 Å². The van der Waals surface area contributed by atoms with Gasteiger partial charge in [0.2, 0.25) is 0 Å². The first kappa shape index (κ1) is 14.7. The molecule has 2 aromatic carbocycles. The minimum atomic E-state index is 0.504. The van der Waals surface area contributed by atoms with E-state index in [1.54, 1.807) is 0 Å². The predicted octanol–water partition coefficient (Wildman–Crippen LogP) is 5.35. The van der Waals surface area contributed by atoms with E-state index in [4.69, 9.17) is 4.98 Å². The second kappa shape index (κ2) is 5.53. The quantitative estimate of drug-likeness (QED) is 0.636. The molecule has 1 heterocycles. The van der Waals surface area contributed by atoms with Crippen LogP contribution in [0, 0.1) is 20.8 Å². The second-order valence-corrected chi connectivity index (χ2v) is 6.43. The summed E-state index contributed by atoms with van der Waals surface area (Å²) < 4.78 is 0. The molecule has 0 amide bonds. The lowest BCUT2D eigenvalue weighted by atomic mass is 9.98. The van der Waals surface area contributed by atoms with E-state index in [1.165, 1.54) is 22.3 Å². The van der Waals surface area contributed by atoms with Crippen molar-refractivity contribution in [3.8, 4) is 11.3 Å². The molecule has 0 aliphatic carbocycles. The number of hydrogen-bond acceptors (Lipinski definition) is 2. The standard InChI is InChI=1S/C20H22N2/c1-12(2)16-6-7-18-19(11-16)21-15(5)22-20(18)17-9-13(3)8-14(4)10-17/h6-12H,1-5H3. The average Bonchev–Trinajstić information content (AvgIpc) is 2.44. The van der Waals surface area contributed by atoms with Crippen LogP contribution in [0.5, 0.6) is 0 Å². The van der Waals surface area contributed by atoms with Crippen molar-refractivity contribution in [2.24, 2.45) is 0 Å². The van der Waals surface area contributed by atoms with Gasteiger partial charge in [0.25, 0.3) is 0 Å². The van der Waals surface area contributed by atoms with E-state index in [0.717, 1.165) is 22.4 Å². The summed E-state index contributed by atoms with van der Waals surface area (Å²) in [5.41, 5.74) is 7.08. The monoisotopic (exact) mass is 290 g/mol. The highest BCUT2D eigenvalue weighted by Crippen LogP contribution is 2.29. The van der Waals surface area contributed by atoms with Gasteiger partial charge < -0.3 is 0 Å². The first-order chi connectivity index (χ1) is 10.4. The van der Waals surface area contributed by atoms with E-state index in [-0.39, 0.29) is 0 Å². The summed E-state index contributed by atoms with van der Waals surface area (Å²) in [4.78, 5) is 9.36. The minimum absolute atomic E-state index is 0.504. The van der Waals surface area contributed by atoms with E-state index in [9.17, 15) is 0 Å². The van der Waals surface area contributed by atoms with Crippen LogP contribution < -0.4 is 0 Å². The first-order valence-corrected chi connectivity index (χ1v) is 7.81. The Morgan fingerprint density at radius 2 is 1.50 bits per heavy atom. The fourth-order valence-corrected chi connectivity index (χ4v) is 2.95. The van der Waals surface area contributed by atoms with Gasteiger partial charge in [0.05, 0.1) is 11.2 Å². The average molecular weight is 290 g/mol. The van der Waals surface area contributed by atoms with Crippen molar-refractivity contribution in [1.82, 2.24) is 9.97 Å². The zero-order chi connectivity index (χ0) is 15.9. The van der Waals surface area contributed by atoms with E-state index in [2.05, 4.69) is 69.1 Å². The van der Waals surface area contributed by atoms with Gasteiger partial charge in [-0.05, 0) is 50.5 Å². The van der Waals surface area contributed by atoms with Gasteiger partial charge in [-0.25, -0.2) is 9.97 Å². The fraction of sp³-hybridized carbons (Fsp3) is 0.300. The van der Waals surface area contributed by atoms with Crippen LogP contribution in [0.1, 0.15) is 42.3 Å². The normalized spacial score (nSPS) is 11.4. The molecule has 0 aliphatic rings. The third-order valence-corrected chi connectivity index (χ3v) is 3.99. The SMILES string of the molecule is Cc1cc(C)cc(-c2nc(C)nc3cc(C(C)C)ccc23)c1. The molecule has 0 saturated carbocycles. The van der Waals surface area contributed by atoms with E-state index >= 15 is 0 Å². The van der Waals surface area contributed by atoms with Crippen LogP contribution >= 0.6 is 0 Å². The molecule has 22 heavy (non-hydrogen) atoms. The number of aryl methyl sites for hydroxylation is 3. The lowest BCUT2D eigenvalue weighted by molar-refractivity contribution is 0.867. The molecule has 0 spiro atoms. The van der Waals surface area contributed by atoms with Crippen molar-refractivity contribution in [3.05, 3.63) is 58.9 Å². The highest BCUT2D eigenvalue weighted by Gasteiger charge is 2.10. The Kier molecular flexibility index (Phi) is 3.69. The molecule has 0 saturated heterocycles. The molecule has 0 atom stereocenters. The smallest absolute Gasteiger partial charge is 0.126 e. The van der Waals surface area contributed by atoms with E-state index < -0.39 is 0 Å². The number of nitrogens with zero attached hydrogens (tertiary/aromatic N) is 2. The Morgan fingerprint density at radius 3 is 2.14 bits per heavy atom. The molecule has 2 heteroatoms. The van der Waals surface area contributed by atoms with Crippen molar-refractivity contribution in [2.75, 3.05) is 0 Å². The molecule has 0 N–H and O–H groups in total. The molecule has 3 aromatic rings. The van der Waals surface area contributed by atoms with Crippen LogP contribution in [0.15, 0.2) is 36.4 Å². The Hall–Kier alpha value is -2.22. The zero-order valence-corrected chi connectivity index (χ0v) is 13.9. The Morgan fingerprint density at radius 1 is 0.818 bits per heavy atom. The van der Waals surface area contributed by atoms with Crippen molar-refractivity contribution in [2.45, 2.75) is 40.5 Å². The minimum Gasteiger partial charge on any atom is -0.233 e. The lowest BCUT2D eigenvalue weighted by Crippen LogP contribution is -1.96. The van der Waals surface area contributed by atoms with Gasteiger partial charge >= 0.3 is 0 Å². The van der Waals surface area contributed by atoms with Gasteiger partial charge in [-0.1, -0.05) is 43.2 Å². The zero-order valence-electron chi connectivity index (χ0n) is 13.9. The maximum atomic E-state index is 4.72. The largest absolute Gasteiger partial charge is 0.233 e. The Labute approximate surface area is 132 Å². The maximum Gasteiger partial charge on any atom is 0.126 e. The van der Waals surface area contributed by atoms with E-state index in [1.807, 2.05) is 6.92 Å². The summed E-state index contributed by atoms with van der Waals surface area (Å²) in [6.07, 6.45) is 0. The molecule has 112 valence electrons. The van der Waals surface area contributed by atoms with Gasteiger partial charge in [-0.2, -0.15) is 0 Å². The topological polar surface area (TPSA) is 25.8 Å². The summed E-state index contributed by atoms with van der Waals surface area (Å²) in [5, 5.41) is 1.12. The maximum absolute atomic E-state index is 4.72. The third kappa shape index (κ3) is 2.74. The third-order valence-electron chi connectivity index (χ3n) is 3.99. The van der Waals surface area contributed by atoms with Crippen LogP contribution in [0.3, 0.4) is 0 Å². The Balaban J connectivity index is 2.29. The predicted molar refractivity (Wildman–Crippen MR) is 93.3 cm³/mol. The van der Waals surface area contributed by atoms with Crippen LogP contribution in [-0.2, 0) is 0 Å². The number of aromatic nitrogens is 2. The second-order valence-electron chi connectivity index (χ2n) is 6.43. The number of rotatable bonds is 2. The molecule has 1 aromatic heterocycles. The molecular weight excluding hydrogens is 268 g/mol. The summed E-state index contributed by atoms with van der Waals surface area (Å²) in [7, 11) is 0. The van der Waals surface area contributed by atoms with Gasteiger partial charge in [0, 0.05) is 10.9 Å². The molecular formula is C20H22N2. The van der Waals surface area contributed by atoms with Crippen molar-refractivity contribution < 1.29 is 0 Å². The lowest BCUT2D eigenvalue weighted by Gasteiger charge is -2.11. The highest BCUT2D eigenvalue weighted by atomic mass is 14.9. The summed E-state index contributed by atoms with van der Waals surface area (Å²) in [6, 6.07) is 13.1. The summed E-state index contributed by atoms with van der Waals surface area (Å²) >= 11 is 0. The molecule has 0 bridgehead atoms. The molecule has 2 nitrogen and oxygen atoms in total. The molecule has 0 unspecified atom stereocenters. The Bertz CT molecular complexity index is 827. The summed E-state index contributed by atoms with van der Waals surface area (Å²) in [5.74, 6) is 1.33. The summed E-state index contributed by atoms with van der Waals surface area (Å²) in [6.45, 7) is 10.6. The van der Waals surface area contributed by atoms with Crippen LogP contribution in [-0.4, -0.2) is 9.97 Å². The van der Waals surface area contributed by atoms with Gasteiger partial charge in [0.1, 0.15) is 5.82 Å². The van der Waals surface area contributed by atoms with Gasteiger partial charge in [0.15, 0.2) is 0 Å². The highest BCUT2D eigenvalue weighted by molar-refractivity contribution is 5.92. The van der Waals surface area contributed by atoms with Crippen LogP contribution in [0.25, 0.3) is 22.2 Å². The molecule has 0 fully saturated rings. The molecule has 0 radical (unpaired) electrons. The van der Waals surface area contributed by atoms with Crippen molar-refractivity contribution in [3.63, 3.8) is 0 Å². The first-order valence-electron chi connectivity index (χ1n) is 7.81. The number of benzene rings is 2. The van der Waals surface area contributed by atoms with E-state index in [0.29, 0.717) is 5.92 Å². The molecule has 3 rings (SSSR count). The van der Waals surface area contributed by atoms with Crippen LogP contribution in [0.2, 0.25) is 0 Å². The van der Waals surface area contributed by atoms with Crippen molar-refractivity contribution in [1.29, 1.82) is 0 Å². The van der Waals surface area contributed by atoms with Crippen molar-refractivity contribution >= 4 is 10.9 Å². The fourth-order valence-electron chi connectivity index (χ4n) is 2.95. The van der Waals surface area contributed by atoms with Gasteiger partial charge in [-0.15, -0.1) is 0 Å². The molecule has 0 aliphatic heterocycles. The number of hydrogen-bond donors (Lipinski definition) is 0. The van der Waals surface area contributed by atoms with Gasteiger partial charge in [-0.3, -0.25) is 0 Å².